The van der Waals surface area contributed by atoms with Crippen LogP contribution in [0.25, 0.3) is 0 Å². The van der Waals surface area contributed by atoms with Gasteiger partial charge in [-0.1, -0.05) is 19.9 Å². The lowest BCUT2D eigenvalue weighted by molar-refractivity contribution is -0.151. The minimum Gasteiger partial charge on any atom is -0.465 e. The first-order valence-electron chi connectivity index (χ1n) is 7.61. The van der Waals surface area contributed by atoms with Gasteiger partial charge in [-0.2, -0.15) is 0 Å². The first kappa shape index (κ1) is 16.5. The zero-order chi connectivity index (χ0) is 15.5. The summed E-state index contributed by atoms with van der Waals surface area (Å²) in [5.41, 5.74) is -0.674. The maximum atomic E-state index is 12.5. The smallest absolute Gasteiger partial charge is 0.326 e. The molecule has 3 atom stereocenters. The molecule has 0 aromatic carbocycles. The molecule has 21 heavy (non-hydrogen) atoms. The number of hydrogen-bond donors (Lipinski definition) is 2. The molecule has 2 N–H and O–H groups in total. The van der Waals surface area contributed by atoms with E-state index in [4.69, 9.17) is 4.74 Å². The highest BCUT2D eigenvalue weighted by Gasteiger charge is 2.51. The molecule has 1 aliphatic heterocycles. The molecular formula is C16H25NO3S. The van der Waals surface area contributed by atoms with Gasteiger partial charge in [-0.3, -0.25) is 10.1 Å². The van der Waals surface area contributed by atoms with E-state index in [2.05, 4.69) is 25.2 Å². The van der Waals surface area contributed by atoms with Gasteiger partial charge in [0.15, 0.2) is 0 Å². The number of thiophene rings is 1. The molecule has 1 saturated heterocycles. The monoisotopic (exact) mass is 311 g/mol. The SMILES string of the molecule is CCOC(=O)[C@]1(CC(C)C)C[C@H](CO)[C@H](c2cccs2)N1. The van der Waals surface area contributed by atoms with Crippen molar-refractivity contribution in [3.8, 4) is 0 Å². The molecule has 0 unspecified atom stereocenters. The summed E-state index contributed by atoms with van der Waals surface area (Å²) in [6, 6.07) is 4.09. The van der Waals surface area contributed by atoms with Crippen LogP contribution >= 0.6 is 11.3 Å². The molecule has 1 fully saturated rings. The van der Waals surface area contributed by atoms with Crippen LogP contribution in [0.5, 0.6) is 0 Å². The van der Waals surface area contributed by atoms with E-state index >= 15 is 0 Å². The first-order valence-corrected chi connectivity index (χ1v) is 8.49. The van der Waals surface area contributed by atoms with Crippen molar-refractivity contribution >= 4 is 17.3 Å². The summed E-state index contributed by atoms with van der Waals surface area (Å²) in [5.74, 6) is 0.242. The van der Waals surface area contributed by atoms with Gasteiger partial charge in [0.05, 0.1) is 6.61 Å². The van der Waals surface area contributed by atoms with E-state index in [0.717, 1.165) is 6.42 Å². The minimum atomic E-state index is -0.674. The Morgan fingerprint density at radius 3 is 2.90 bits per heavy atom. The largest absolute Gasteiger partial charge is 0.465 e. The summed E-state index contributed by atoms with van der Waals surface area (Å²) in [7, 11) is 0. The Morgan fingerprint density at radius 2 is 2.38 bits per heavy atom. The summed E-state index contributed by atoms with van der Waals surface area (Å²) in [6.07, 6.45) is 1.35. The summed E-state index contributed by atoms with van der Waals surface area (Å²) in [5, 5.41) is 15.3. The lowest BCUT2D eigenvalue weighted by Crippen LogP contribution is -2.50. The maximum Gasteiger partial charge on any atom is 0.326 e. The highest BCUT2D eigenvalue weighted by molar-refractivity contribution is 7.10. The molecule has 4 nitrogen and oxygen atoms in total. The van der Waals surface area contributed by atoms with Gasteiger partial charge in [0.1, 0.15) is 5.54 Å². The number of esters is 1. The lowest BCUT2D eigenvalue weighted by atomic mass is 9.84. The Labute approximate surface area is 130 Å². The second-order valence-electron chi connectivity index (χ2n) is 6.18. The molecule has 0 bridgehead atoms. The molecule has 2 heterocycles. The highest BCUT2D eigenvalue weighted by Crippen LogP contribution is 2.42. The van der Waals surface area contributed by atoms with Crippen molar-refractivity contribution in [2.75, 3.05) is 13.2 Å². The van der Waals surface area contributed by atoms with Crippen LogP contribution in [0.3, 0.4) is 0 Å². The molecule has 0 aliphatic carbocycles. The van der Waals surface area contributed by atoms with E-state index < -0.39 is 5.54 Å². The summed E-state index contributed by atoms with van der Waals surface area (Å²) < 4.78 is 5.31. The second-order valence-corrected chi connectivity index (χ2v) is 7.16. The number of carbonyl (C=O) groups is 1. The van der Waals surface area contributed by atoms with Crippen LogP contribution in [0.4, 0.5) is 0 Å². The van der Waals surface area contributed by atoms with Gasteiger partial charge in [-0.05, 0) is 37.1 Å². The van der Waals surface area contributed by atoms with E-state index in [1.807, 2.05) is 18.4 Å². The van der Waals surface area contributed by atoms with E-state index in [0.29, 0.717) is 18.9 Å². The minimum absolute atomic E-state index is 0.0261. The third-order valence-electron chi connectivity index (χ3n) is 4.02. The second kappa shape index (κ2) is 6.90. The van der Waals surface area contributed by atoms with Crippen molar-refractivity contribution in [1.29, 1.82) is 0 Å². The standard InChI is InChI=1S/C16H25NO3S/c1-4-20-15(19)16(8-11(2)3)9-12(10-18)14(17-16)13-6-5-7-21-13/h5-7,11-12,14,17-18H,4,8-10H2,1-3H3/t12-,14-,16+/m1/s1. The van der Waals surface area contributed by atoms with Crippen LogP contribution in [-0.2, 0) is 9.53 Å². The molecule has 1 aromatic heterocycles. The lowest BCUT2D eigenvalue weighted by Gasteiger charge is -2.29. The first-order chi connectivity index (χ1) is 10.0. The van der Waals surface area contributed by atoms with Gasteiger partial charge < -0.3 is 9.84 Å². The van der Waals surface area contributed by atoms with Gasteiger partial charge in [-0.25, -0.2) is 0 Å². The molecular weight excluding hydrogens is 286 g/mol. The summed E-state index contributed by atoms with van der Waals surface area (Å²) in [4.78, 5) is 13.7. The van der Waals surface area contributed by atoms with Crippen LogP contribution in [0.2, 0.25) is 0 Å². The molecule has 1 aromatic rings. The Hall–Kier alpha value is -0.910. The molecule has 2 rings (SSSR count). The summed E-state index contributed by atoms with van der Waals surface area (Å²) >= 11 is 1.66. The molecule has 5 heteroatoms. The van der Waals surface area contributed by atoms with Crippen LogP contribution in [0.1, 0.15) is 44.5 Å². The van der Waals surface area contributed by atoms with Crippen molar-refractivity contribution in [3.05, 3.63) is 22.4 Å². The number of ether oxygens (including phenoxy) is 1. The zero-order valence-electron chi connectivity index (χ0n) is 13.0. The molecule has 118 valence electrons. The van der Waals surface area contributed by atoms with Crippen molar-refractivity contribution in [1.82, 2.24) is 5.32 Å². The van der Waals surface area contributed by atoms with Crippen LogP contribution in [0, 0.1) is 11.8 Å². The van der Waals surface area contributed by atoms with Crippen LogP contribution in [0.15, 0.2) is 17.5 Å². The number of aliphatic hydroxyl groups is 1. The zero-order valence-corrected chi connectivity index (χ0v) is 13.8. The van der Waals surface area contributed by atoms with Crippen LogP contribution < -0.4 is 5.32 Å². The summed E-state index contributed by atoms with van der Waals surface area (Å²) in [6.45, 7) is 6.50. The third kappa shape index (κ3) is 3.47. The third-order valence-corrected chi connectivity index (χ3v) is 4.98. The van der Waals surface area contributed by atoms with Crippen molar-refractivity contribution in [2.45, 2.75) is 45.2 Å². The van der Waals surface area contributed by atoms with Crippen molar-refractivity contribution < 1.29 is 14.6 Å². The fourth-order valence-electron chi connectivity index (χ4n) is 3.32. The topological polar surface area (TPSA) is 58.6 Å². The predicted molar refractivity (Wildman–Crippen MR) is 84.2 cm³/mol. The Bertz CT molecular complexity index is 460. The van der Waals surface area contributed by atoms with Crippen LogP contribution in [-0.4, -0.2) is 29.8 Å². The normalized spacial score (nSPS) is 29.0. The molecule has 0 radical (unpaired) electrons. The van der Waals surface area contributed by atoms with E-state index in [1.54, 1.807) is 11.3 Å². The fraction of sp³-hybridized carbons (Fsp3) is 0.688. The van der Waals surface area contributed by atoms with E-state index in [1.165, 1.54) is 4.88 Å². The number of nitrogens with one attached hydrogen (secondary N) is 1. The molecule has 0 spiro atoms. The van der Waals surface area contributed by atoms with E-state index in [9.17, 15) is 9.90 Å². The van der Waals surface area contributed by atoms with Gasteiger partial charge in [-0.15, -0.1) is 11.3 Å². The van der Waals surface area contributed by atoms with E-state index in [-0.39, 0.29) is 24.5 Å². The van der Waals surface area contributed by atoms with Gasteiger partial charge >= 0.3 is 5.97 Å². The average Bonchev–Trinajstić information content (AvgIpc) is 3.05. The predicted octanol–water partition coefficient (Wildman–Crippen LogP) is 2.74. The number of carbonyl (C=O) groups excluding carboxylic acids is 1. The molecule has 0 amide bonds. The van der Waals surface area contributed by atoms with Gasteiger partial charge in [0, 0.05) is 23.4 Å². The fourth-order valence-corrected chi connectivity index (χ4v) is 4.18. The van der Waals surface area contributed by atoms with Crippen molar-refractivity contribution in [3.63, 3.8) is 0 Å². The van der Waals surface area contributed by atoms with Crippen molar-refractivity contribution in [2.24, 2.45) is 11.8 Å². The highest BCUT2D eigenvalue weighted by atomic mass is 32.1. The van der Waals surface area contributed by atoms with Gasteiger partial charge in [0.2, 0.25) is 0 Å². The Kier molecular flexibility index (Phi) is 5.41. The Balaban J connectivity index is 2.27. The maximum absolute atomic E-state index is 12.5. The number of hydrogen-bond acceptors (Lipinski definition) is 5. The average molecular weight is 311 g/mol. The Morgan fingerprint density at radius 1 is 1.62 bits per heavy atom. The number of aliphatic hydroxyl groups excluding tert-OH is 1. The molecule has 1 aliphatic rings. The van der Waals surface area contributed by atoms with Gasteiger partial charge in [0.25, 0.3) is 0 Å². The quantitative estimate of drug-likeness (QED) is 0.793. The molecule has 0 saturated carbocycles. The number of rotatable bonds is 6.